The molecule has 8 heteroatoms. The molecule has 0 bridgehead atoms. The lowest BCUT2D eigenvalue weighted by atomic mass is 10.2. The molecule has 0 spiro atoms. The number of imidazole rings is 1. The van der Waals surface area contributed by atoms with E-state index in [1.54, 1.807) is 45.0 Å². The zero-order valence-electron chi connectivity index (χ0n) is 22.3. The maximum absolute atomic E-state index is 12.8. The Balaban J connectivity index is 1.36. The first kappa shape index (κ1) is 26.7. The molecule has 2 N–H and O–H groups in total. The van der Waals surface area contributed by atoms with Crippen molar-refractivity contribution in [3.05, 3.63) is 89.7 Å². The van der Waals surface area contributed by atoms with Crippen LogP contribution < -0.4 is 15.4 Å². The molecule has 0 saturated heterocycles. The van der Waals surface area contributed by atoms with Gasteiger partial charge in [0, 0.05) is 24.2 Å². The van der Waals surface area contributed by atoms with Crippen molar-refractivity contribution in [3.8, 4) is 5.75 Å². The summed E-state index contributed by atoms with van der Waals surface area (Å²) in [7, 11) is 0. The first-order valence-corrected chi connectivity index (χ1v) is 12.7. The van der Waals surface area contributed by atoms with Crippen molar-refractivity contribution in [3.63, 3.8) is 0 Å². The number of carbonyl (C=O) groups is 2. The van der Waals surface area contributed by atoms with Crippen molar-refractivity contribution in [1.29, 1.82) is 0 Å². The highest BCUT2D eigenvalue weighted by Gasteiger charge is 2.17. The van der Waals surface area contributed by atoms with Crippen LogP contribution in [0, 0.1) is 6.92 Å². The fourth-order valence-corrected chi connectivity index (χ4v) is 4.00. The van der Waals surface area contributed by atoms with Crippen molar-refractivity contribution in [1.82, 2.24) is 14.9 Å². The number of nitrogens with one attached hydrogen (secondary N) is 2. The van der Waals surface area contributed by atoms with Crippen molar-refractivity contribution >= 4 is 28.7 Å². The van der Waals surface area contributed by atoms with Gasteiger partial charge in [0.15, 0.2) is 0 Å². The number of benzene rings is 3. The molecule has 0 aliphatic rings. The van der Waals surface area contributed by atoms with Crippen molar-refractivity contribution in [2.45, 2.75) is 46.3 Å². The van der Waals surface area contributed by atoms with E-state index in [2.05, 4.69) is 15.2 Å². The summed E-state index contributed by atoms with van der Waals surface area (Å²) in [5.74, 6) is 1.47. The molecule has 198 valence electrons. The Labute approximate surface area is 223 Å². The van der Waals surface area contributed by atoms with Crippen molar-refractivity contribution in [2.24, 2.45) is 0 Å². The minimum atomic E-state index is -0.609. The summed E-state index contributed by atoms with van der Waals surface area (Å²) in [6, 6.07) is 22.7. The highest BCUT2D eigenvalue weighted by Crippen LogP contribution is 2.18. The van der Waals surface area contributed by atoms with E-state index in [1.165, 1.54) is 5.56 Å². The number of aromatic nitrogens is 2. The third-order valence-corrected chi connectivity index (χ3v) is 5.74. The molecule has 0 saturated carbocycles. The SMILES string of the molecule is Cc1ccc(OCCn2c(CCNC(=O)c3cccc(NC(=O)OC(C)(C)C)c3)nc3ccccc32)cc1. The van der Waals surface area contributed by atoms with Gasteiger partial charge in [-0.05, 0) is 70.2 Å². The van der Waals surface area contributed by atoms with Gasteiger partial charge in [-0.25, -0.2) is 9.78 Å². The van der Waals surface area contributed by atoms with Crippen LogP contribution in [0.5, 0.6) is 5.75 Å². The van der Waals surface area contributed by atoms with Crippen LogP contribution in [0.1, 0.15) is 42.5 Å². The maximum Gasteiger partial charge on any atom is 0.412 e. The molecule has 4 aromatic rings. The molecular formula is C30H34N4O4. The quantitative estimate of drug-likeness (QED) is 0.297. The molecule has 0 fully saturated rings. The second-order valence-electron chi connectivity index (χ2n) is 10.0. The number of ether oxygens (including phenoxy) is 2. The third-order valence-electron chi connectivity index (χ3n) is 5.74. The fraction of sp³-hybridized carbons (Fsp3) is 0.300. The summed E-state index contributed by atoms with van der Waals surface area (Å²) in [6.07, 6.45) is -0.0128. The Morgan fingerprint density at radius 2 is 1.74 bits per heavy atom. The zero-order chi connectivity index (χ0) is 27.1. The van der Waals surface area contributed by atoms with Gasteiger partial charge in [-0.15, -0.1) is 0 Å². The van der Waals surface area contributed by atoms with E-state index in [0.29, 0.717) is 37.4 Å². The highest BCUT2D eigenvalue weighted by molar-refractivity contribution is 5.96. The van der Waals surface area contributed by atoms with Gasteiger partial charge in [0.25, 0.3) is 5.91 Å². The van der Waals surface area contributed by atoms with Crippen LogP contribution in [-0.2, 0) is 17.7 Å². The standard InChI is InChI=1S/C30H34N4O4/c1-21-12-14-24(15-13-21)37-19-18-34-26-11-6-5-10-25(26)33-27(34)16-17-31-28(35)22-8-7-9-23(20-22)32-29(36)38-30(2,3)4/h5-15,20H,16-19H2,1-4H3,(H,31,35)(H,32,36). The van der Waals surface area contributed by atoms with Crippen LogP contribution in [0.25, 0.3) is 11.0 Å². The van der Waals surface area contributed by atoms with Gasteiger partial charge >= 0.3 is 6.09 Å². The molecule has 0 unspecified atom stereocenters. The highest BCUT2D eigenvalue weighted by atomic mass is 16.6. The van der Waals surface area contributed by atoms with Crippen LogP contribution in [-0.4, -0.2) is 40.3 Å². The minimum Gasteiger partial charge on any atom is -0.492 e. The van der Waals surface area contributed by atoms with Gasteiger partial charge in [-0.2, -0.15) is 0 Å². The van der Waals surface area contributed by atoms with Gasteiger partial charge in [0.05, 0.1) is 17.6 Å². The number of carbonyl (C=O) groups excluding carboxylic acids is 2. The molecule has 0 atom stereocenters. The Kier molecular flexibility index (Phi) is 8.31. The zero-order valence-corrected chi connectivity index (χ0v) is 22.3. The summed E-state index contributed by atoms with van der Waals surface area (Å²) in [5.41, 5.74) is 3.45. The number of anilines is 1. The summed E-state index contributed by atoms with van der Waals surface area (Å²) in [6.45, 7) is 8.97. The number of para-hydroxylation sites is 2. The van der Waals surface area contributed by atoms with E-state index in [1.807, 2.05) is 55.5 Å². The molecule has 8 nitrogen and oxygen atoms in total. The van der Waals surface area contributed by atoms with E-state index < -0.39 is 11.7 Å². The van der Waals surface area contributed by atoms with Gasteiger partial charge in [-0.3, -0.25) is 10.1 Å². The first-order chi connectivity index (χ1) is 18.2. The lowest BCUT2D eigenvalue weighted by Gasteiger charge is -2.19. The van der Waals surface area contributed by atoms with E-state index >= 15 is 0 Å². The van der Waals surface area contributed by atoms with Gasteiger partial charge < -0.3 is 19.4 Å². The molecule has 0 aliphatic heterocycles. The summed E-state index contributed by atoms with van der Waals surface area (Å²) < 4.78 is 13.4. The average Bonchev–Trinajstić information content (AvgIpc) is 3.21. The predicted molar refractivity (Wildman–Crippen MR) is 149 cm³/mol. The Morgan fingerprint density at radius 3 is 2.50 bits per heavy atom. The minimum absolute atomic E-state index is 0.233. The lowest BCUT2D eigenvalue weighted by molar-refractivity contribution is 0.0635. The summed E-state index contributed by atoms with van der Waals surface area (Å²) in [5, 5.41) is 5.62. The number of fused-ring (bicyclic) bond motifs is 1. The third kappa shape index (κ3) is 7.35. The van der Waals surface area contributed by atoms with Crippen LogP contribution in [0.15, 0.2) is 72.8 Å². The van der Waals surface area contributed by atoms with E-state index in [-0.39, 0.29) is 5.91 Å². The van der Waals surface area contributed by atoms with Crippen molar-refractivity contribution in [2.75, 3.05) is 18.5 Å². The van der Waals surface area contributed by atoms with Gasteiger partial charge in [0.2, 0.25) is 0 Å². The molecule has 38 heavy (non-hydrogen) atoms. The summed E-state index contributed by atoms with van der Waals surface area (Å²) in [4.78, 5) is 29.7. The molecule has 1 heterocycles. The second kappa shape index (κ2) is 11.8. The maximum atomic E-state index is 12.8. The van der Waals surface area contributed by atoms with Gasteiger partial charge in [-0.1, -0.05) is 35.9 Å². The number of rotatable bonds is 9. The normalized spacial score (nSPS) is 11.3. The number of nitrogens with zero attached hydrogens (tertiary/aromatic N) is 2. The molecule has 0 aliphatic carbocycles. The van der Waals surface area contributed by atoms with Crippen LogP contribution in [0.4, 0.5) is 10.5 Å². The Hall–Kier alpha value is -4.33. The molecule has 0 radical (unpaired) electrons. The van der Waals surface area contributed by atoms with Crippen LogP contribution in [0.2, 0.25) is 0 Å². The van der Waals surface area contributed by atoms with Crippen LogP contribution in [0.3, 0.4) is 0 Å². The number of hydrogen-bond donors (Lipinski definition) is 2. The Bertz CT molecular complexity index is 1400. The van der Waals surface area contributed by atoms with E-state index in [0.717, 1.165) is 22.6 Å². The Morgan fingerprint density at radius 1 is 0.974 bits per heavy atom. The molecule has 4 rings (SSSR count). The molecule has 1 aromatic heterocycles. The number of hydrogen-bond acceptors (Lipinski definition) is 5. The van der Waals surface area contributed by atoms with E-state index in [9.17, 15) is 9.59 Å². The monoisotopic (exact) mass is 514 g/mol. The predicted octanol–water partition coefficient (Wildman–Crippen LogP) is 5.74. The second-order valence-corrected chi connectivity index (χ2v) is 10.0. The molecule has 3 aromatic carbocycles. The average molecular weight is 515 g/mol. The smallest absolute Gasteiger partial charge is 0.412 e. The number of amides is 2. The fourth-order valence-electron chi connectivity index (χ4n) is 4.00. The molecule has 2 amide bonds. The topological polar surface area (TPSA) is 94.5 Å². The molecular weight excluding hydrogens is 480 g/mol. The largest absolute Gasteiger partial charge is 0.492 e. The van der Waals surface area contributed by atoms with Crippen molar-refractivity contribution < 1.29 is 19.1 Å². The number of aryl methyl sites for hydroxylation is 1. The van der Waals surface area contributed by atoms with E-state index in [4.69, 9.17) is 14.5 Å². The van der Waals surface area contributed by atoms with Gasteiger partial charge in [0.1, 0.15) is 23.8 Å². The first-order valence-electron chi connectivity index (χ1n) is 12.7. The van der Waals surface area contributed by atoms with Crippen LogP contribution >= 0.6 is 0 Å². The summed E-state index contributed by atoms with van der Waals surface area (Å²) >= 11 is 0. The lowest BCUT2D eigenvalue weighted by Crippen LogP contribution is -2.28.